The number of halogens is 1. The zero-order valence-electron chi connectivity index (χ0n) is 12.0. The van der Waals surface area contributed by atoms with Gasteiger partial charge in [-0.2, -0.15) is 0 Å². The van der Waals surface area contributed by atoms with Gasteiger partial charge in [-0.25, -0.2) is 0 Å². The summed E-state index contributed by atoms with van der Waals surface area (Å²) in [6.45, 7) is 0. The molecule has 1 nitrogen and oxygen atoms in total. The number of carbonyl (C=O) groups is 1. The zero-order valence-corrected chi connectivity index (χ0v) is 12.8. The molecule has 3 rings (SSSR count). The maximum atomic E-state index is 12.9. The molecule has 0 aromatic heterocycles. The first-order valence-electron chi connectivity index (χ1n) is 8.00. The molecular formula is C18H23ClO. The lowest BCUT2D eigenvalue weighted by molar-refractivity contribution is -0.128. The number of rotatable bonds is 4. The molecule has 0 aliphatic heterocycles. The Morgan fingerprint density at radius 2 is 1.70 bits per heavy atom. The van der Waals surface area contributed by atoms with Gasteiger partial charge in [0.2, 0.25) is 0 Å². The van der Waals surface area contributed by atoms with Gasteiger partial charge in [-0.05, 0) is 36.5 Å². The molecule has 0 bridgehead atoms. The first kappa shape index (κ1) is 14.1. The van der Waals surface area contributed by atoms with E-state index in [0.29, 0.717) is 11.7 Å². The third-order valence-corrected chi connectivity index (χ3v) is 5.59. The average Bonchev–Trinajstić information content (AvgIpc) is 2.41. The molecule has 1 aromatic rings. The number of hydrogen-bond acceptors (Lipinski definition) is 1. The zero-order chi connectivity index (χ0) is 14.0. The Morgan fingerprint density at radius 1 is 1.05 bits per heavy atom. The van der Waals surface area contributed by atoms with Gasteiger partial charge in [-0.3, -0.25) is 4.79 Å². The second-order valence-corrected chi connectivity index (χ2v) is 7.01. The van der Waals surface area contributed by atoms with Crippen LogP contribution < -0.4 is 0 Å². The highest BCUT2D eigenvalue weighted by molar-refractivity contribution is 6.30. The van der Waals surface area contributed by atoms with E-state index in [4.69, 9.17) is 11.6 Å². The molecule has 108 valence electrons. The van der Waals surface area contributed by atoms with E-state index in [1.165, 1.54) is 44.1 Å². The predicted octanol–water partition coefficient (Wildman–Crippen LogP) is 5.30. The van der Waals surface area contributed by atoms with E-state index in [2.05, 4.69) is 12.1 Å². The molecule has 2 aliphatic carbocycles. The minimum absolute atomic E-state index is 0.179. The van der Waals surface area contributed by atoms with Crippen molar-refractivity contribution in [2.75, 3.05) is 0 Å². The normalized spacial score (nSPS) is 22.2. The summed E-state index contributed by atoms with van der Waals surface area (Å²) in [6, 6.07) is 7.95. The van der Waals surface area contributed by atoms with Crippen molar-refractivity contribution in [3.63, 3.8) is 0 Å². The maximum Gasteiger partial charge on any atom is 0.143 e. The summed E-state index contributed by atoms with van der Waals surface area (Å²) in [5.41, 5.74) is 1.01. The summed E-state index contributed by atoms with van der Waals surface area (Å²) in [4.78, 5) is 12.9. The van der Waals surface area contributed by atoms with Crippen LogP contribution in [0.3, 0.4) is 0 Å². The highest BCUT2D eigenvalue weighted by Gasteiger charge is 2.45. The molecule has 2 saturated carbocycles. The molecule has 0 saturated heterocycles. The third kappa shape index (κ3) is 2.65. The van der Waals surface area contributed by atoms with E-state index in [0.717, 1.165) is 24.3 Å². The van der Waals surface area contributed by atoms with Gasteiger partial charge in [-0.15, -0.1) is 0 Å². The van der Waals surface area contributed by atoms with E-state index in [9.17, 15) is 4.79 Å². The Hall–Kier alpha value is -0.820. The summed E-state index contributed by atoms with van der Waals surface area (Å²) in [5.74, 6) is 1.12. The second-order valence-electron chi connectivity index (χ2n) is 6.57. The van der Waals surface area contributed by atoms with Crippen molar-refractivity contribution in [2.45, 2.75) is 63.2 Å². The molecule has 0 N–H and O–H groups in total. The summed E-state index contributed by atoms with van der Waals surface area (Å²) in [5, 5.41) is 0.753. The summed E-state index contributed by atoms with van der Waals surface area (Å²) in [6.07, 6.45) is 10.5. The van der Waals surface area contributed by atoms with Crippen LogP contribution in [0.2, 0.25) is 5.02 Å². The monoisotopic (exact) mass is 290 g/mol. The van der Waals surface area contributed by atoms with Gasteiger partial charge >= 0.3 is 0 Å². The number of carbonyl (C=O) groups excluding carboxylic acids is 1. The van der Waals surface area contributed by atoms with E-state index >= 15 is 0 Å². The first-order chi connectivity index (χ1) is 9.71. The Morgan fingerprint density at radius 3 is 2.25 bits per heavy atom. The molecule has 0 heterocycles. The Balaban J connectivity index is 1.74. The summed E-state index contributed by atoms with van der Waals surface area (Å²) < 4.78 is 0. The molecule has 2 fully saturated rings. The molecule has 2 aliphatic rings. The molecule has 0 spiro atoms. The van der Waals surface area contributed by atoms with Crippen molar-refractivity contribution in [3.05, 3.63) is 34.9 Å². The number of Topliss-reactive ketones (excluding diaryl/α,β-unsaturated/α-hetero) is 1. The molecule has 20 heavy (non-hydrogen) atoms. The van der Waals surface area contributed by atoms with Crippen LogP contribution in [0.25, 0.3) is 0 Å². The van der Waals surface area contributed by atoms with Crippen LogP contribution in [-0.2, 0) is 10.2 Å². The predicted molar refractivity (Wildman–Crippen MR) is 83.2 cm³/mol. The van der Waals surface area contributed by atoms with Crippen LogP contribution in [-0.4, -0.2) is 5.78 Å². The van der Waals surface area contributed by atoms with Gasteiger partial charge in [0, 0.05) is 11.4 Å². The van der Waals surface area contributed by atoms with Crippen LogP contribution in [0.5, 0.6) is 0 Å². The van der Waals surface area contributed by atoms with Crippen molar-refractivity contribution in [2.24, 2.45) is 5.92 Å². The van der Waals surface area contributed by atoms with Gasteiger partial charge in [0.1, 0.15) is 5.78 Å². The maximum absolute atomic E-state index is 12.9. The standard InChI is InChI=1S/C18H23ClO/c19-16-9-7-15(8-10-16)18(11-4-12-18)17(20)13-14-5-2-1-3-6-14/h7-10,14H,1-6,11-13H2. The Kier molecular flexibility index (Phi) is 4.16. The fraction of sp³-hybridized carbons (Fsp3) is 0.611. The lowest BCUT2D eigenvalue weighted by atomic mass is 9.60. The number of benzene rings is 1. The van der Waals surface area contributed by atoms with E-state index in [-0.39, 0.29) is 5.41 Å². The van der Waals surface area contributed by atoms with Crippen LogP contribution in [0, 0.1) is 5.92 Å². The second kappa shape index (κ2) is 5.89. The molecule has 0 atom stereocenters. The van der Waals surface area contributed by atoms with Crippen LogP contribution in [0.15, 0.2) is 24.3 Å². The van der Waals surface area contributed by atoms with E-state index in [1.807, 2.05) is 12.1 Å². The Labute approximate surface area is 126 Å². The van der Waals surface area contributed by atoms with E-state index in [1.54, 1.807) is 0 Å². The quantitative estimate of drug-likeness (QED) is 0.735. The van der Waals surface area contributed by atoms with Crippen molar-refractivity contribution in [3.8, 4) is 0 Å². The largest absolute Gasteiger partial charge is 0.299 e. The average molecular weight is 291 g/mol. The van der Waals surface area contributed by atoms with Gasteiger partial charge < -0.3 is 0 Å². The SMILES string of the molecule is O=C(CC1CCCCC1)C1(c2ccc(Cl)cc2)CCC1. The topological polar surface area (TPSA) is 17.1 Å². The highest BCUT2D eigenvalue weighted by atomic mass is 35.5. The first-order valence-corrected chi connectivity index (χ1v) is 8.38. The molecule has 0 unspecified atom stereocenters. The van der Waals surface area contributed by atoms with Crippen LogP contribution in [0.4, 0.5) is 0 Å². The third-order valence-electron chi connectivity index (χ3n) is 5.34. The van der Waals surface area contributed by atoms with Crippen molar-refractivity contribution in [1.82, 2.24) is 0 Å². The van der Waals surface area contributed by atoms with Gasteiger partial charge in [0.25, 0.3) is 0 Å². The fourth-order valence-electron chi connectivity index (χ4n) is 3.88. The Bertz CT molecular complexity index is 467. The van der Waals surface area contributed by atoms with Crippen LogP contribution >= 0.6 is 11.6 Å². The molecule has 0 radical (unpaired) electrons. The van der Waals surface area contributed by atoms with Gasteiger partial charge in [-0.1, -0.05) is 62.3 Å². The highest BCUT2D eigenvalue weighted by Crippen LogP contribution is 2.46. The lowest BCUT2D eigenvalue weighted by Gasteiger charge is -2.42. The minimum atomic E-state index is -0.179. The molecule has 0 amide bonds. The number of ketones is 1. The number of hydrogen-bond donors (Lipinski definition) is 0. The van der Waals surface area contributed by atoms with Crippen LogP contribution in [0.1, 0.15) is 63.4 Å². The minimum Gasteiger partial charge on any atom is -0.299 e. The fourth-order valence-corrected chi connectivity index (χ4v) is 4.00. The van der Waals surface area contributed by atoms with Gasteiger partial charge in [0.15, 0.2) is 0 Å². The molecule has 2 heteroatoms. The lowest BCUT2D eigenvalue weighted by Crippen LogP contribution is -2.43. The smallest absolute Gasteiger partial charge is 0.143 e. The van der Waals surface area contributed by atoms with Gasteiger partial charge in [0.05, 0.1) is 5.41 Å². The van der Waals surface area contributed by atoms with E-state index < -0.39 is 0 Å². The van der Waals surface area contributed by atoms with Crippen molar-refractivity contribution in [1.29, 1.82) is 0 Å². The van der Waals surface area contributed by atoms with Crippen molar-refractivity contribution < 1.29 is 4.79 Å². The van der Waals surface area contributed by atoms with Crippen molar-refractivity contribution >= 4 is 17.4 Å². The summed E-state index contributed by atoms with van der Waals surface area (Å²) in [7, 11) is 0. The molecule has 1 aromatic carbocycles. The summed E-state index contributed by atoms with van der Waals surface area (Å²) >= 11 is 5.97. The molecular weight excluding hydrogens is 268 g/mol.